The molecular weight excluding hydrogens is 390 g/mol. The number of fused-ring (bicyclic) bond motifs is 1. The van der Waals surface area contributed by atoms with E-state index in [-0.39, 0.29) is 23.7 Å². The van der Waals surface area contributed by atoms with Gasteiger partial charge in [-0.2, -0.15) is 15.0 Å². The number of ether oxygens (including phenoxy) is 1. The first-order chi connectivity index (χ1) is 14.1. The molecule has 1 aliphatic heterocycles. The van der Waals surface area contributed by atoms with Gasteiger partial charge in [-0.1, -0.05) is 37.2 Å². The number of hydrogen-bond donors (Lipinski definition) is 0. The Bertz CT molecular complexity index is 853. The molecule has 0 spiro atoms. The van der Waals surface area contributed by atoms with Crippen molar-refractivity contribution >= 4 is 29.5 Å². The first-order valence-electron chi connectivity index (χ1n) is 9.80. The van der Waals surface area contributed by atoms with Crippen LogP contribution in [0.2, 0.25) is 0 Å². The zero-order chi connectivity index (χ0) is 20.8. The summed E-state index contributed by atoms with van der Waals surface area (Å²) in [5.74, 6) is 0.0649. The number of nitrogens with zero attached hydrogens (tertiary/aromatic N) is 5. The van der Waals surface area contributed by atoms with Crippen LogP contribution in [-0.4, -0.2) is 57.2 Å². The lowest BCUT2D eigenvalue weighted by Gasteiger charge is -2.19. The van der Waals surface area contributed by atoms with Crippen LogP contribution in [0, 0.1) is 0 Å². The van der Waals surface area contributed by atoms with E-state index in [1.165, 1.54) is 16.7 Å². The lowest BCUT2D eigenvalue weighted by Crippen LogP contribution is -2.29. The summed E-state index contributed by atoms with van der Waals surface area (Å²) < 4.78 is 5.68. The number of thioether (sulfide) groups is 1. The van der Waals surface area contributed by atoms with Gasteiger partial charge in [-0.05, 0) is 32.4 Å². The van der Waals surface area contributed by atoms with Gasteiger partial charge in [0.25, 0.3) is 11.8 Å². The molecule has 0 N–H and O–H groups in total. The van der Waals surface area contributed by atoms with E-state index in [0.29, 0.717) is 28.8 Å². The number of unbranched alkanes of at least 4 members (excludes halogenated alkanes) is 1. The number of rotatable bonds is 10. The molecule has 154 valence electrons. The van der Waals surface area contributed by atoms with Gasteiger partial charge in [-0.3, -0.25) is 14.5 Å². The quantitative estimate of drug-likeness (QED) is 0.332. The van der Waals surface area contributed by atoms with Crippen LogP contribution in [0.3, 0.4) is 0 Å². The summed E-state index contributed by atoms with van der Waals surface area (Å²) in [6, 6.07) is 7.11. The van der Waals surface area contributed by atoms with E-state index < -0.39 is 0 Å². The summed E-state index contributed by atoms with van der Waals surface area (Å²) in [6.07, 6.45) is 1.92. The molecule has 0 unspecified atom stereocenters. The predicted octanol–water partition coefficient (Wildman–Crippen LogP) is 3.24. The smallest absolute Gasteiger partial charge is 0.322 e. The topological polar surface area (TPSA) is 88.5 Å². The van der Waals surface area contributed by atoms with E-state index in [4.69, 9.17) is 4.74 Å². The molecule has 1 aliphatic rings. The molecule has 29 heavy (non-hydrogen) atoms. The fraction of sp³-hybridized carbons (Fsp3) is 0.450. The minimum atomic E-state index is -0.296. The van der Waals surface area contributed by atoms with Gasteiger partial charge in [-0.25, -0.2) is 0 Å². The number of hydrogen-bond acceptors (Lipinski definition) is 8. The summed E-state index contributed by atoms with van der Waals surface area (Å²) in [7, 11) is 0. The zero-order valence-electron chi connectivity index (χ0n) is 16.9. The third kappa shape index (κ3) is 4.67. The van der Waals surface area contributed by atoms with Gasteiger partial charge in [0, 0.05) is 13.1 Å². The van der Waals surface area contributed by atoms with Gasteiger partial charge in [0.15, 0.2) is 5.16 Å². The highest BCUT2D eigenvalue weighted by Gasteiger charge is 2.35. The Morgan fingerprint density at radius 3 is 2.24 bits per heavy atom. The fourth-order valence-corrected chi connectivity index (χ4v) is 3.66. The van der Waals surface area contributed by atoms with Crippen molar-refractivity contribution in [2.45, 2.75) is 38.8 Å². The van der Waals surface area contributed by atoms with Crippen LogP contribution in [0.25, 0.3) is 0 Å². The first kappa shape index (κ1) is 21.0. The molecule has 0 bridgehead atoms. The van der Waals surface area contributed by atoms with Crippen molar-refractivity contribution in [2.75, 3.05) is 30.5 Å². The minimum Gasteiger partial charge on any atom is -0.463 e. The van der Waals surface area contributed by atoms with Gasteiger partial charge in [0.05, 0.1) is 23.6 Å². The summed E-state index contributed by atoms with van der Waals surface area (Å²) in [5.41, 5.74) is 0.863. The van der Waals surface area contributed by atoms with Crippen LogP contribution < -0.4 is 9.64 Å². The maximum atomic E-state index is 12.5. The molecule has 2 amide bonds. The Morgan fingerprint density at radius 1 is 1.00 bits per heavy atom. The molecule has 0 saturated heterocycles. The number of carbonyl (C=O) groups excluding carboxylic acids is 2. The van der Waals surface area contributed by atoms with Gasteiger partial charge >= 0.3 is 6.01 Å². The molecule has 0 fully saturated rings. The molecule has 3 rings (SSSR count). The van der Waals surface area contributed by atoms with E-state index in [9.17, 15) is 9.59 Å². The van der Waals surface area contributed by atoms with Crippen LogP contribution >= 0.6 is 11.8 Å². The summed E-state index contributed by atoms with van der Waals surface area (Å²) in [4.78, 5) is 41.6. The average Bonchev–Trinajstić information content (AvgIpc) is 2.98. The lowest BCUT2D eigenvalue weighted by atomic mass is 10.1. The Labute approximate surface area is 174 Å². The highest BCUT2D eigenvalue weighted by atomic mass is 32.2. The maximum absolute atomic E-state index is 12.5. The monoisotopic (exact) mass is 415 g/mol. The van der Waals surface area contributed by atoms with Crippen molar-refractivity contribution in [2.24, 2.45) is 0 Å². The van der Waals surface area contributed by atoms with E-state index in [1.54, 1.807) is 24.3 Å². The van der Waals surface area contributed by atoms with Crippen LogP contribution in [0.1, 0.15) is 54.3 Å². The van der Waals surface area contributed by atoms with Crippen molar-refractivity contribution in [1.29, 1.82) is 0 Å². The van der Waals surface area contributed by atoms with E-state index >= 15 is 0 Å². The molecule has 0 radical (unpaired) electrons. The molecule has 8 nitrogen and oxygen atoms in total. The van der Waals surface area contributed by atoms with Crippen molar-refractivity contribution in [3.63, 3.8) is 0 Å². The highest BCUT2D eigenvalue weighted by molar-refractivity contribution is 7.99. The van der Waals surface area contributed by atoms with E-state index in [0.717, 1.165) is 25.9 Å². The van der Waals surface area contributed by atoms with Crippen LogP contribution in [0.5, 0.6) is 6.01 Å². The highest BCUT2D eigenvalue weighted by Crippen LogP contribution is 2.27. The van der Waals surface area contributed by atoms with Crippen molar-refractivity contribution in [1.82, 2.24) is 19.9 Å². The first-order valence-corrected chi connectivity index (χ1v) is 10.8. The van der Waals surface area contributed by atoms with Crippen molar-refractivity contribution < 1.29 is 14.3 Å². The number of amides is 2. The standard InChI is InChI=1S/C20H25N5O3S/c1-4-7-12-28-19-21-18(24(5-2)6-3)22-20(23-19)29-13-25-16(26)14-10-8-9-11-15(14)17(25)27/h8-11H,4-7,12-13H2,1-3H3. The molecule has 9 heteroatoms. The van der Waals surface area contributed by atoms with E-state index in [1.807, 2.05) is 18.7 Å². The Balaban J connectivity index is 1.77. The van der Waals surface area contributed by atoms with Gasteiger partial charge in [-0.15, -0.1) is 0 Å². The largest absolute Gasteiger partial charge is 0.463 e. The normalized spacial score (nSPS) is 13.0. The second-order valence-electron chi connectivity index (χ2n) is 6.43. The molecule has 2 heterocycles. The molecule has 0 aliphatic carbocycles. The summed E-state index contributed by atoms with van der Waals surface area (Å²) >= 11 is 1.22. The van der Waals surface area contributed by atoms with Crippen molar-refractivity contribution in [3.8, 4) is 6.01 Å². The van der Waals surface area contributed by atoms with E-state index in [2.05, 4.69) is 21.9 Å². The summed E-state index contributed by atoms with van der Waals surface area (Å²) in [6.45, 7) is 8.16. The van der Waals surface area contributed by atoms with Crippen LogP contribution in [-0.2, 0) is 0 Å². The van der Waals surface area contributed by atoms with Gasteiger partial charge in [0.1, 0.15) is 0 Å². The minimum absolute atomic E-state index is 0.127. The number of imide groups is 1. The van der Waals surface area contributed by atoms with Gasteiger partial charge < -0.3 is 9.64 Å². The van der Waals surface area contributed by atoms with Gasteiger partial charge in [0.2, 0.25) is 5.95 Å². The molecule has 0 saturated carbocycles. The maximum Gasteiger partial charge on any atom is 0.322 e. The molecule has 2 aromatic rings. The number of aromatic nitrogens is 3. The lowest BCUT2D eigenvalue weighted by molar-refractivity contribution is 0.0684. The Morgan fingerprint density at radius 2 is 1.66 bits per heavy atom. The molecule has 1 aromatic heterocycles. The number of benzene rings is 1. The van der Waals surface area contributed by atoms with Crippen LogP contribution in [0.15, 0.2) is 29.4 Å². The Hall–Kier alpha value is -2.68. The third-order valence-electron chi connectivity index (χ3n) is 4.56. The predicted molar refractivity (Wildman–Crippen MR) is 111 cm³/mol. The average molecular weight is 416 g/mol. The number of anilines is 1. The zero-order valence-corrected chi connectivity index (χ0v) is 17.7. The SMILES string of the molecule is CCCCOc1nc(SCN2C(=O)c3ccccc3C2=O)nc(N(CC)CC)n1. The molecular formula is C20H25N5O3S. The fourth-order valence-electron chi connectivity index (χ4n) is 2.89. The second-order valence-corrected chi connectivity index (χ2v) is 7.34. The molecule has 0 atom stereocenters. The molecule has 1 aromatic carbocycles. The second kappa shape index (κ2) is 9.69. The number of carbonyl (C=O) groups is 2. The summed E-state index contributed by atoms with van der Waals surface area (Å²) in [5, 5.41) is 0.421. The van der Waals surface area contributed by atoms with Crippen molar-refractivity contribution in [3.05, 3.63) is 35.4 Å². The third-order valence-corrected chi connectivity index (χ3v) is 5.39. The Kier molecular flexibility index (Phi) is 7.03. The van der Waals surface area contributed by atoms with Crippen LogP contribution in [0.4, 0.5) is 5.95 Å².